The number of fused-ring (bicyclic) bond motifs is 2. The summed E-state index contributed by atoms with van der Waals surface area (Å²) in [7, 11) is 0. The van der Waals surface area contributed by atoms with E-state index in [0.29, 0.717) is 46.4 Å². The number of rotatable bonds is 6. The van der Waals surface area contributed by atoms with E-state index in [2.05, 4.69) is 9.97 Å². The molecule has 4 aromatic rings. The number of aryl methyl sites for hydroxylation is 1. The maximum atomic E-state index is 13.6. The molecule has 0 N–H and O–H groups in total. The lowest BCUT2D eigenvalue weighted by Crippen LogP contribution is -2.47. The Balaban J connectivity index is 1.40. The van der Waals surface area contributed by atoms with E-state index in [1.807, 2.05) is 22.9 Å². The normalized spacial score (nSPS) is 15.2. The third-order valence-electron chi connectivity index (χ3n) is 4.98. The highest BCUT2D eigenvalue weighted by Gasteiger charge is 2.33. The number of amides is 1. The molecule has 1 amide bonds. The van der Waals surface area contributed by atoms with Crippen LogP contribution in [-0.2, 0) is 11.3 Å². The summed E-state index contributed by atoms with van der Waals surface area (Å²) in [4.78, 5) is 23.7. The van der Waals surface area contributed by atoms with Crippen molar-refractivity contribution >= 4 is 32.6 Å². The SMILES string of the molecule is O=C([C@H]1COc2ccccc2O1)N(CCCn1ccnc1)c1nc2ccc(F)cc2s1. The second kappa shape index (κ2) is 8.35. The zero-order valence-corrected chi connectivity index (χ0v) is 17.3. The van der Waals surface area contributed by atoms with Crippen LogP contribution < -0.4 is 14.4 Å². The molecule has 2 aromatic heterocycles. The lowest BCUT2D eigenvalue weighted by molar-refractivity contribution is -0.127. The van der Waals surface area contributed by atoms with Gasteiger partial charge in [-0.05, 0) is 36.8 Å². The van der Waals surface area contributed by atoms with E-state index >= 15 is 0 Å². The standard InChI is InChI=1S/C22H19FN4O3S/c23-15-6-7-16-20(12-15)31-22(25-16)27(10-3-9-26-11-8-24-14-26)21(28)19-13-29-17-4-1-2-5-18(17)30-19/h1-2,4-8,11-12,14,19H,3,9-10,13H2/t19-/m1/s1. The van der Waals surface area contributed by atoms with Gasteiger partial charge in [0, 0.05) is 25.5 Å². The Morgan fingerprint density at radius 1 is 1.26 bits per heavy atom. The molecule has 0 unspecified atom stereocenters. The fraction of sp³-hybridized carbons (Fsp3) is 0.227. The molecule has 5 rings (SSSR count). The Bertz CT molecular complexity index is 1210. The summed E-state index contributed by atoms with van der Waals surface area (Å²) in [5, 5.41) is 0.513. The van der Waals surface area contributed by atoms with Crippen molar-refractivity contribution in [3.05, 3.63) is 67.0 Å². The van der Waals surface area contributed by atoms with E-state index in [9.17, 15) is 9.18 Å². The molecule has 31 heavy (non-hydrogen) atoms. The first-order valence-electron chi connectivity index (χ1n) is 9.89. The van der Waals surface area contributed by atoms with Crippen LogP contribution in [0.2, 0.25) is 0 Å². The molecule has 0 fully saturated rings. The molecule has 0 aliphatic carbocycles. The number of halogens is 1. The Labute approximate surface area is 181 Å². The Morgan fingerprint density at radius 3 is 2.97 bits per heavy atom. The third kappa shape index (κ3) is 4.09. The zero-order valence-electron chi connectivity index (χ0n) is 16.5. The summed E-state index contributed by atoms with van der Waals surface area (Å²) in [6.45, 7) is 1.25. The van der Waals surface area contributed by atoms with Gasteiger partial charge in [0.1, 0.15) is 12.4 Å². The van der Waals surface area contributed by atoms with Crippen LogP contribution in [-0.4, -0.2) is 39.7 Å². The van der Waals surface area contributed by atoms with Gasteiger partial charge in [-0.2, -0.15) is 0 Å². The molecule has 0 saturated carbocycles. The van der Waals surface area contributed by atoms with Gasteiger partial charge in [0.15, 0.2) is 16.6 Å². The van der Waals surface area contributed by atoms with Crippen LogP contribution >= 0.6 is 11.3 Å². The molecule has 3 heterocycles. The summed E-state index contributed by atoms with van der Waals surface area (Å²) in [6.07, 6.45) is 5.24. The summed E-state index contributed by atoms with van der Waals surface area (Å²) in [6, 6.07) is 11.7. The van der Waals surface area contributed by atoms with Crippen LogP contribution in [0.15, 0.2) is 61.2 Å². The second-order valence-electron chi connectivity index (χ2n) is 7.12. The first-order valence-corrected chi connectivity index (χ1v) is 10.7. The average Bonchev–Trinajstić information content (AvgIpc) is 3.45. The number of imidazole rings is 1. The van der Waals surface area contributed by atoms with Gasteiger partial charge >= 0.3 is 0 Å². The number of carbonyl (C=O) groups is 1. The van der Waals surface area contributed by atoms with Crippen molar-refractivity contribution in [2.45, 2.75) is 19.1 Å². The van der Waals surface area contributed by atoms with E-state index in [1.165, 1.54) is 23.5 Å². The molecule has 7 nitrogen and oxygen atoms in total. The Morgan fingerprint density at radius 2 is 2.13 bits per heavy atom. The number of aromatic nitrogens is 3. The number of anilines is 1. The fourth-order valence-electron chi connectivity index (χ4n) is 3.45. The average molecular weight is 438 g/mol. The van der Waals surface area contributed by atoms with Crippen molar-refractivity contribution in [1.82, 2.24) is 14.5 Å². The van der Waals surface area contributed by atoms with Gasteiger partial charge in [0.2, 0.25) is 6.10 Å². The molecular weight excluding hydrogens is 419 g/mol. The molecular formula is C22H19FN4O3S. The highest BCUT2D eigenvalue weighted by Crippen LogP contribution is 2.33. The van der Waals surface area contributed by atoms with Gasteiger partial charge < -0.3 is 14.0 Å². The van der Waals surface area contributed by atoms with Gasteiger partial charge in [-0.1, -0.05) is 23.5 Å². The second-order valence-corrected chi connectivity index (χ2v) is 8.13. The zero-order chi connectivity index (χ0) is 21.2. The maximum Gasteiger partial charge on any atom is 0.273 e. The van der Waals surface area contributed by atoms with Crippen LogP contribution in [0.1, 0.15) is 6.42 Å². The first-order chi connectivity index (χ1) is 15.2. The predicted octanol–water partition coefficient (Wildman–Crippen LogP) is 3.90. The van der Waals surface area contributed by atoms with Gasteiger partial charge in [-0.25, -0.2) is 14.4 Å². The van der Waals surface area contributed by atoms with E-state index in [1.54, 1.807) is 35.6 Å². The van der Waals surface area contributed by atoms with Gasteiger partial charge in [-0.3, -0.25) is 9.69 Å². The summed E-state index contributed by atoms with van der Waals surface area (Å²) in [5.74, 6) is 0.589. The molecule has 9 heteroatoms. The molecule has 0 spiro atoms. The van der Waals surface area contributed by atoms with E-state index in [-0.39, 0.29) is 18.3 Å². The highest BCUT2D eigenvalue weighted by molar-refractivity contribution is 7.22. The largest absolute Gasteiger partial charge is 0.485 e. The molecule has 1 atom stereocenters. The van der Waals surface area contributed by atoms with E-state index in [0.717, 1.165) is 0 Å². The minimum Gasteiger partial charge on any atom is -0.485 e. The molecule has 158 valence electrons. The Hall–Kier alpha value is -3.46. The van der Waals surface area contributed by atoms with Crippen LogP contribution in [0.4, 0.5) is 9.52 Å². The highest BCUT2D eigenvalue weighted by atomic mass is 32.1. The van der Waals surface area contributed by atoms with Crippen molar-refractivity contribution in [1.29, 1.82) is 0 Å². The number of hydrogen-bond donors (Lipinski definition) is 0. The first kappa shape index (κ1) is 19.5. The van der Waals surface area contributed by atoms with Crippen molar-refractivity contribution in [2.24, 2.45) is 0 Å². The minimum absolute atomic E-state index is 0.118. The van der Waals surface area contributed by atoms with E-state index in [4.69, 9.17) is 9.47 Å². The van der Waals surface area contributed by atoms with Crippen LogP contribution in [0.5, 0.6) is 11.5 Å². The lowest BCUT2D eigenvalue weighted by Gasteiger charge is -2.29. The fourth-order valence-corrected chi connectivity index (χ4v) is 4.47. The van der Waals surface area contributed by atoms with Crippen molar-refractivity contribution in [2.75, 3.05) is 18.1 Å². The predicted molar refractivity (Wildman–Crippen MR) is 115 cm³/mol. The number of nitrogens with zero attached hydrogens (tertiary/aromatic N) is 4. The molecule has 0 saturated heterocycles. The molecule has 1 aliphatic rings. The maximum absolute atomic E-state index is 13.6. The van der Waals surface area contributed by atoms with Gasteiger partial charge in [0.05, 0.1) is 16.5 Å². The summed E-state index contributed by atoms with van der Waals surface area (Å²) in [5.41, 5.74) is 0.653. The summed E-state index contributed by atoms with van der Waals surface area (Å²) >= 11 is 1.28. The molecule has 2 aromatic carbocycles. The topological polar surface area (TPSA) is 69.5 Å². The van der Waals surface area contributed by atoms with Crippen LogP contribution in [0, 0.1) is 5.82 Å². The van der Waals surface area contributed by atoms with Crippen molar-refractivity contribution < 1.29 is 18.7 Å². The quantitative estimate of drug-likeness (QED) is 0.457. The Kier molecular flexibility index (Phi) is 5.25. The van der Waals surface area contributed by atoms with Crippen molar-refractivity contribution in [3.63, 3.8) is 0 Å². The monoisotopic (exact) mass is 438 g/mol. The lowest BCUT2D eigenvalue weighted by atomic mass is 10.2. The van der Waals surface area contributed by atoms with Gasteiger partial charge in [-0.15, -0.1) is 0 Å². The van der Waals surface area contributed by atoms with E-state index < -0.39 is 6.10 Å². The number of para-hydroxylation sites is 2. The smallest absolute Gasteiger partial charge is 0.273 e. The van der Waals surface area contributed by atoms with Crippen LogP contribution in [0.3, 0.4) is 0 Å². The number of carbonyl (C=O) groups excluding carboxylic acids is 1. The van der Waals surface area contributed by atoms with Gasteiger partial charge in [0.25, 0.3) is 5.91 Å². The number of benzene rings is 2. The van der Waals surface area contributed by atoms with Crippen LogP contribution in [0.25, 0.3) is 10.2 Å². The molecule has 1 aliphatic heterocycles. The number of hydrogen-bond acceptors (Lipinski definition) is 6. The number of ether oxygens (including phenoxy) is 2. The van der Waals surface area contributed by atoms with Crippen molar-refractivity contribution in [3.8, 4) is 11.5 Å². The number of thiazole rings is 1. The third-order valence-corrected chi connectivity index (χ3v) is 6.02. The summed E-state index contributed by atoms with van der Waals surface area (Å²) < 4.78 is 27.9. The molecule has 0 bridgehead atoms. The minimum atomic E-state index is -0.785. The molecule has 0 radical (unpaired) electrons.